The Hall–Kier alpha value is -0.730. The molecule has 0 rings (SSSR count). The average Bonchev–Trinajstić information content (AvgIpc) is 1.99. The minimum absolute atomic E-state index is 1.02. The Morgan fingerprint density at radius 3 is 1.73 bits per heavy atom. The highest BCUT2D eigenvalue weighted by molar-refractivity contribution is 5.79. The summed E-state index contributed by atoms with van der Waals surface area (Å²) >= 11 is 0. The Bertz CT molecular complexity index is 125. The fraction of sp³-hybridized carbons (Fsp3) is 0.875. The summed E-state index contributed by atoms with van der Waals surface area (Å²) in [5.41, 5.74) is 0. The van der Waals surface area contributed by atoms with Crippen molar-refractivity contribution in [3.63, 3.8) is 0 Å². The van der Waals surface area contributed by atoms with Crippen molar-refractivity contribution in [3.8, 4) is 0 Å². The molecule has 66 valence electrons. The molecule has 0 aromatic heterocycles. The van der Waals surface area contributed by atoms with E-state index in [4.69, 9.17) is 0 Å². The third kappa shape index (κ3) is 2.78. The predicted octanol–water partition coefficient (Wildman–Crippen LogP) is 0.876. The van der Waals surface area contributed by atoms with E-state index in [0.717, 1.165) is 19.0 Å². The van der Waals surface area contributed by atoms with Crippen molar-refractivity contribution in [3.05, 3.63) is 0 Å². The predicted molar refractivity (Wildman–Crippen MR) is 50.0 cm³/mol. The molecule has 0 atom stereocenters. The highest BCUT2D eigenvalue weighted by Gasteiger charge is 2.06. The molecule has 0 amide bonds. The van der Waals surface area contributed by atoms with Gasteiger partial charge in [0, 0.05) is 34.2 Å². The molecule has 3 heteroatoms. The molecule has 0 saturated heterocycles. The van der Waals surface area contributed by atoms with Crippen molar-refractivity contribution in [1.29, 1.82) is 0 Å². The number of hydrogen-bond acceptors (Lipinski definition) is 1. The van der Waals surface area contributed by atoms with Crippen molar-refractivity contribution in [1.82, 2.24) is 9.80 Å². The summed E-state index contributed by atoms with van der Waals surface area (Å²) in [6.45, 7) is 6.30. The van der Waals surface area contributed by atoms with Crippen LogP contribution in [0.3, 0.4) is 0 Å². The van der Waals surface area contributed by atoms with E-state index in [1.807, 2.05) is 26.0 Å². The van der Waals surface area contributed by atoms with Crippen molar-refractivity contribution in [2.45, 2.75) is 13.8 Å². The third-order valence-corrected chi connectivity index (χ3v) is 1.65. The molecule has 0 N–H and O–H groups in total. The number of rotatable bonds is 2. The van der Waals surface area contributed by atoms with Crippen LogP contribution in [-0.4, -0.2) is 50.0 Å². The maximum Gasteiger partial charge on any atom is 0.195 e. The van der Waals surface area contributed by atoms with Gasteiger partial charge in [-0.2, -0.15) is 0 Å². The van der Waals surface area contributed by atoms with Crippen molar-refractivity contribution in [2.75, 3.05) is 34.2 Å². The van der Waals surface area contributed by atoms with Gasteiger partial charge in [0.05, 0.1) is 0 Å². The van der Waals surface area contributed by atoms with Crippen LogP contribution in [0, 0.1) is 0 Å². The summed E-state index contributed by atoms with van der Waals surface area (Å²) in [4.78, 5) is 8.46. The van der Waals surface area contributed by atoms with E-state index < -0.39 is 0 Å². The zero-order chi connectivity index (χ0) is 8.85. The van der Waals surface area contributed by atoms with Crippen LogP contribution in [0.25, 0.3) is 0 Å². The average molecular weight is 157 g/mol. The SMILES string of the molecule is CCN(CC)/C(=N/C)N(C)C. The van der Waals surface area contributed by atoms with Crippen LogP contribution in [0.4, 0.5) is 0 Å². The first kappa shape index (κ1) is 10.3. The molecule has 0 aliphatic rings. The fourth-order valence-electron chi connectivity index (χ4n) is 1.13. The topological polar surface area (TPSA) is 18.8 Å². The lowest BCUT2D eigenvalue weighted by Crippen LogP contribution is -2.40. The fourth-order valence-corrected chi connectivity index (χ4v) is 1.13. The number of hydrogen-bond donors (Lipinski definition) is 0. The standard InChI is InChI=1S/C8H19N3/c1-6-11(7-2)8(9-3)10(4)5/h6-7H2,1-5H3/b9-8+. The van der Waals surface area contributed by atoms with Crippen molar-refractivity contribution < 1.29 is 0 Å². The molecule has 0 fully saturated rings. The third-order valence-electron chi connectivity index (χ3n) is 1.65. The van der Waals surface area contributed by atoms with Crippen LogP contribution >= 0.6 is 0 Å². The van der Waals surface area contributed by atoms with Gasteiger partial charge in [-0.15, -0.1) is 0 Å². The maximum absolute atomic E-state index is 4.20. The van der Waals surface area contributed by atoms with Gasteiger partial charge in [-0.1, -0.05) is 0 Å². The van der Waals surface area contributed by atoms with Crippen LogP contribution in [0.2, 0.25) is 0 Å². The monoisotopic (exact) mass is 157 g/mol. The maximum atomic E-state index is 4.20. The van der Waals surface area contributed by atoms with Gasteiger partial charge in [-0.25, -0.2) is 0 Å². The van der Waals surface area contributed by atoms with E-state index in [0.29, 0.717) is 0 Å². The quantitative estimate of drug-likeness (QED) is 0.437. The second kappa shape index (κ2) is 4.99. The van der Waals surface area contributed by atoms with Gasteiger partial charge in [0.25, 0.3) is 0 Å². The van der Waals surface area contributed by atoms with Crippen molar-refractivity contribution >= 4 is 5.96 Å². The molecule has 0 aromatic carbocycles. The van der Waals surface area contributed by atoms with Gasteiger partial charge in [0.2, 0.25) is 0 Å². The molecular formula is C8H19N3. The molecule has 0 aromatic rings. The molecule has 0 aliphatic carbocycles. The minimum atomic E-state index is 1.02. The normalized spacial score (nSPS) is 11.5. The Balaban J connectivity index is 4.23. The van der Waals surface area contributed by atoms with Gasteiger partial charge in [0.1, 0.15) is 0 Å². The Morgan fingerprint density at radius 2 is 1.64 bits per heavy atom. The Kier molecular flexibility index (Phi) is 4.66. The van der Waals surface area contributed by atoms with Gasteiger partial charge < -0.3 is 9.80 Å². The molecule has 0 radical (unpaired) electrons. The van der Waals surface area contributed by atoms with E-state index in [-0.39, 0.29) is 0 Å². The molecule has 3 nitrogen and oxygen atoms in total. The van der Waals surface area contributed by atoms with E-state index in [1.165, 1.54) is 0 Å². The first-order chi connectivity index (χ1) is 5.17. The van der Waals surface area contributed by atoms with Crippen LogP contribution in [0.15, 0.2) is 4.99 Å². The Morgan fingerprint density at radius 1 is 1.18 bits per heavy atom. The molecule has 0 unspecified atom stereocenters. The van der Waals surface area contributed by atoms with E-state index >= 15 is 0 Å². The first-order valence-corrected chi connectivity index (χ1v) is 4.06. The van der Waals surface area contributed by atoms with Gasteiger partial charge in [-0.3, -0.25) is 4.99 Å². The van der Waals surface area contributed by atoms with Crippen molar-refractivity contribution in [2.24, 2.45) is 4.99 Å². The highest BCUT2D eigenvalue weighted by Crippen LogP contribution is 1.93. The Labute approximate surface area is 69.7 Å². The zero-order valence-electron chi connectivity index (χ0n) is 8.26. The lowest BCUT2D eigenvalue weighted by Gasteiger charge is -2.27. The molecule has 0 bridgehead atoms. The first-order valence-electron chi connectivity index (χ1n) is 4.06. The largest absolute Gasteiger partial charge is 0.349 e. The van der Waals surface area contributed by atoms with E-state index in [2.05, 4.69) is 23.7 Å². The molecular weight excluding hydrogens is 138 g/mol. The van der Waals surface area contributed by atoms with Gasteiger partial charge in [-0.05, 0) is 13.8 Å². The lowest BCUT2D eigenvalue weighted by atomic mass is 10.5. The molecule has 0 aliphatic heterocycles. The number of guanidine groups is 1. The minimum Gasteiger partial charge on any atom is -0.349 e. The summed E-state index contributed by atoms with van der Waals surface area (Å²) in [5, 5.41) is 0. The van der Waals surface area contributed by atoms with E-state index in [9.17, 15) is 0 Å². The summed E-state index contributed by atoms with van der Waals surface area (Å²) in [5.74, 6) is 1.05. The second-order valence-corrected chi connectivity index (χ2v) is 2.59. The molecule has 0 heterocycles. The summed E-state index contributed by atoms with van der Waals surface area (Å²) in [6.07, 6.45) is 0. The van der Waals surface area contributed by atoms with Gasteiger partial charge in [0.15, 0.2) is 5.96 Å². The highest BCUT2D eigenvalue weighted by atomic mass is 15.3. The summed E-state index contributed by atoms with van der Waals surface area (Å²) in [7, 11) is 5.86. The smallest absolute Gasteiger partial charge is 0.195 e. The number of aliphatic imine (C=N–C) groups is 1. The van der Waals surface area contributed by atoms with Crippen LogP contribution in [0.5, 0.6) is 0 Å². The lowest BCUT2D eigenvalue weighted by molar-refractivity contribution is 0.396. The van der Waals surface area contributed by atoms with Gasteiger partial charge >= 0.3 is 0 Å². The molecule has 11 heavy (non-hydrogen) atoms. The van der Waals surface area contributed by atoms with E-state index in [1.54, 1.807) is 0 Å². The summed E-state index contributed by atoms with van der Waals surface area (Å²) in [6, 6.07) is 0. The number of nitrogens with zero attached hydrogens (tertiary/aromatic N) is 3. The molecule has 0 spiro atoms. The second-order valence-electron chi connectivity index (χ2n) is 2.59. The zero-order valence-corrected chi connectivity index (χ0v) is 8.26. The van der Waals surface area contributed by atoms with Crippen LogP contribution in [-0.2, 0) is 0 Å². The van der Waals surface area contributed by atoms with Crippen LogP contribution in [0.1, 0.15) is 13.8 Å². The summed E-state index contributed by atoms with van der Waals surface area (Å²) < 4.78 is 0. The van der Waals surface area contributed by atoms with Crippen LogP contribution < -0.4 is 0 Å². The molecule has 0 saturated carbocycles.